The number of benzene rings is 2. The molecule has 174 valence electrons. The third kappa shape index (κ3) is 4.68. The number of piperidine rings is 1. The minimum atomic E-state index is -1.09. The molecule has 34 heavy (non-hydrogen) atoms. The predicted molar refractivity (Wildman–Crippen MR) is 122 cm³/mol. The van der Waals surface area contributed by atoms with Crippen LogP contribution in [0.2, 0.25) is 0 Å². The number of carboxylic acid groups (broad SMARTS) is 1. The van der Waals surface area contributed by atoms with Gasteiger partial charge in [-0.15, -0.1) is 0 Å². The lowest BCUT2D eigenvalue weighted by Crippen LogP contribution is -2.52. The molecule has 4 rings (SSSR count). The van der Waals surface area contributed by atoms with Gasteiger partial charge in [0.1, 0.15) is 11.4 Å². The number of hydrogen-bond donors (Lipinski definition) is 3. The Kier molecular flexibility index (Phi) is 6.45. The summed E-state index contributed by atoms with van der Waals surface area (Å²) in [5.74, 6) is -1.55. The summed E-state index contributed by atoms with van der Waals surface area (Å²) < 4.78 is 14.7. The second kappa shape index (κ2) is 9.62. The SMILES string of the molecule is N#CC1CCN(C(=O)O)C(Cc2ccccc2)C1n1cc(C(N)=O)c(Nc2ccc(F)cc2)n1. The van der Waals surface area contributed by atoms with Crippen molar-refractivity contribution in [2.24, 2.45) is 11.7 Å². The lowest BCUT2D eigenvalue weighted by atomic mass is 9.83. The maximum Gasteiger partial charge on any atom is 0.407 e. The summed E-state index contributed by atoms with van der Waals surface area (Å²) in [6.07, 6.45) is 1.04. The van der Waals surface area contributed by atoms with Crippen molar-refractivity contribution in [2.75, 3.05) is 11.9 Å². The van der Waals surface area contributed by atoms with Crippen LogP contribution in [0.25, 0.3) is 0 Å². The van der Waals surface area contributed by atoms with E-state index in [4.69, 9.17) is 5.73 Å². The van der Waals surface area contributed by atoms with Crippen LogP contribution in [0.4, 0.5) is 20.7 Å². The quantitative estimate of drug-likeness (QED) is 0.512. The number of rotatable bonds is 6. The molecule has 0 saturated carbocycles. The zero-order valence-corrected chi connectivity index (χ0v) is 18.1. The zero-order chi connectivity index (χ0) is 24.2. The number of carbonyl (C=O) groups excluding carboxylic acids is 1. The van der Waals surface area contributed by atoms with Crippen LogP contribution >= 0.6 is 0 Å². The summed E-state index contributed by atoms with van der Waals surface area (Å²) in [6, 6.07) is 15.9. The first-order valence-corrected chi connectivity index (χ1v) is 10.7. The molecule has 10 heteroatoms. The number of aromatic nitrogens is 2. The van der Waals surface area contributed by atoms with Crippen molar-refractivity contribution in [3.05, 3.63) is 77.7 Å². The number of anilines is 2. The van der Waals surface area contributed by atoms with Crippen LogP contribution in [0.5, 0.6) is 0 Å². The van der Waals surface area contributed by atoms with Gasteiger partial charge in [-0.05, 0) is 42.7 Å². The van der Waals surface area contributed by atoms with Gasteiger partial charge in [-0.2, -0.15) is 10.4 Å². The fourth-order valence-electron chi connectivity index (χ4n) is 4.38. The van der Waals surface area contributed by atoms with E-state index in [0.29, 0.717) is 18.5 Å². The molecule has 9 nitrogen and oxygen atoms in total. The number of hydrogen-bond acceptors (Lipinski definition) is 5. The molecule has 3 unspecified atom stereocenters. The van der Waals surface area contributed by atoms with Gasteiger partial charge in [0.15, 0.2) is 5.82 Å². The number of halogens is 1. The van der Waals surface area contributed by atoms with E-state index < -0.39 is 35.8 Å². The average molecular weight is 462 g/mol. The first-order valence-electron chi connectivity index (χ1n) is 10.7. The van der Waals surface area contributed by atoms with Crippen molar-refractivity contribution in [3.63, 3.8) is 0 Å². The maximum absolute atomic E-state index is 13.3. The number of carbonyl (C=O) groups is 2. The van der Waals surface area contributed by atoms with Crippen molar-refractivity contribution >= 4 is 23.5 Å². The average Bonchev–Trinajstić information content (AvgIpc) is 3.24. The van der Waals surface area contributed by atoms with Crippen LogP contribution in [0.15, 0.2) is 60.8 Å². The number of amides is 2. The van der Waals surface area contributed by atoms with Crippen LogP contribution in [0.3, 0.4) is 0 Å². The van der Waals surface area contributed by atoms with E-state index in [2.05, 4.69) is 16.5 Å². The number of nitriles is 1. The molecule has 1 saturated heterocycles. The minimum absolute atomic E-state index is 0.0759. The molecule has 3 atom stereocenters. The Morgan fingerprint density at radius 2 is 1.91 bits per heavy atom. The van der Waals surface area contributed by atoms with Gasteiger partial charge >= 0.3 is 6.09 Å². The van der Waals surface area contributed by atoms with Gasteiger partial charge in [0.25, 0.3) is 5.91 Å². The summed E-state index contributed by atoms with van der Waals surface area (Å²) in [5.41, 5.74) is 7.05. The molecule has 2 heterocycles. The van der Waals surface area contributed by atoms with E-state index >= 15 is 0 Å². The molecule has 2 aromatic carbocycles. The van der Waals surface area contributed by atoms with Crippen molar-refractivity contribution in [1.82, 2.24) is 14.7 Å². The third-order valence-electron chi connectivity index (χ3n) is 6.00. The smallest absolute Gasteiger partial charge is 0.407 e. The Labute approximate surface area is 195 Å². The molecule has 1 aliphatic rings. The van der Waals surface area contributed by atoms with E-state index in [-0.39, 0.29) is 17.9 Å². The van der Waals surface area contributed by atoms with Crippen molar-refractivity contribution in [2.45, 2.75) is 24.9 Å². The lowest BCUT2D eigenvalue weighted by Gasteiger charge is -2.42. The van der Waals surface area contributed by atoms with Crippen LogP contribution in [-0.2, 0) is 6.42 Å². The van der Waals surface area contributed by atoms with E-state index in [1.807, 2.05) is 30.3 Å². The Morgan fingerprint density at radius 3 is 2.53 bits per heavy atom. The summed E-state index contributed by atoms with van der Waals surface area (Å²) in [7, 11) is 0. The highest BCUT2D eigenvalue weighted by atomic mass is 19.1. The van der Waals surface area contributed by atoms with Crippen LogP contribution in [0, 0.1) is 23.1 Å². The van der Waals surface area contributed by atoms with Crippen LogP contribution < -0.4 is 11.1 Å². The maximum atomic E-state index is 13.3. The first-order chi connectivity index (χ1) is 16.4. The van der Waals surface area contributed by atoms with Gasteiger partial charge in [-0.25, -0.2) is 9.18 Å². The molecule has 3 aromatic rings. The fourth-order valence-corrected chi connectivity index (χ4v) is 4.38. The molecule has 0 spiro atoms. The summed E-state index contributed by atoms with van der Waals surface area (Å²) >= 11 is 0. The highest BCUT2D eigenvalue weighted by Gasteiger charge is 2.42. The molecule has 1 aliphatic heterocycles. The second-order valence-electron chi connectivity index (χ2n) is 8.12. The topological polar surface area (TPSA) is 137 Å². The number of likely N-dealkylation sites (tertiary alicyclic amines) is 1. The fraction of sp³-hybridized carbons (Fsp3) is 0.250. The highest BCUT2D eigenvalue weighted by Crippen LogP contribution is 2.36. The molecule has 1 aromatic heterocycles. The molecule has 0 aliphatic carbocycles. The molecule has 0 radical (unpaired) electrons. The minimum Gasteiger partial charge on any atom is -0.465 e. The summed E-state index contributed by atoms with van der Waals surface area (Å²) in [4.78, 5) is 25.6. The Hall–Kier alpha value is -4.39. The second-order valence-corrected chi connectivity index (χ2v) is 8.12. The zero-order valence-electron chi connectivity index (χ0n) is 18.1. The van der Waals surface area contributed by atoms with Crippen molar-refractivity contribution < 1.29 is 19.1 Å². The molecular formula is C24H23FN6O3. The highest BCUT2D eigenvalue weighted by molar-refractivity contribution is 5.98. The lowest BCUT2D eigenvalue weighted by molar-refractivity contribution is 0.0616. The van der Waals surface area contributed by atoms with Gasteiger partial charge in [0.2, 0.25) is 0 Å². The van der Waals surface area contributed by atoms with E-state index in [1.165, 1.54) is 40.0 Å². The number of primary amides is 1. The van der Waals surface area contributed by atoms with Crippen LogP contribution in [-0.4, -0.2) is 44.4 Å². The summed E-state index contributed by atoms with van der Waals surface area (Å²) in [6.45, 7) is 0.214. The number of nitrogens with two attached hydrogens (primary N) is 1. The van der Waals surface area contributed by atoms with Gasteiger partial charge in [-0.3, -0.25) is 9.48 Å². The van der Waals surface area contributed by atoms with Crippen molar-refractivity contribution in [1.29, 1.82) is 5.26 Å². The Morgan fingerprint density at radius 1 is 1.21 bits per heavy atom. The first kappa shape index (κ1) is 22.8. The molecule has 4 N–H and O–H groups in total. The van der Waals surface area contributed by atoms with Crippen LogP contribution in [0.1, 0.15) is 28.4 Å². The van der Waals surface area contributed by atoms with E-state index in [0.717, 1.165) is 5.56 Å². The Balaban J connectivity index is 1.76. The van der Waals surface area contributed by atoms with Crippen molar-refractivity contribution in [3.8, 4) is 6.07 Å². The van der Waals surface area contributed by atoms with E-state index in [9.17, 15) is 24.3 Å². The normalized spacial score (nSPS) is 19.9. The van der Waals surface area contributed by atoms with Gasteiger partial charge in [0, 0.05) is 18.4 Å². The van der Waals surface area contributed by atoms with Gasteiger partial charge in [-0.1, -0.05) is 30.3 Å². The Bertz CT molecular complexity index is 1220. The van der Waals surface area contributed by atoms with Gasteiger partial charge in [0.05, 0.1) is 24.1 Å². The largest absolute Gasteiger partial charge is 0.465 e. The number of nitrogens with zero attached hydrogens (tertiary/aromatic N) is 4. The molecule has 0 bridgehead atoms. The third-order valence-corrected chi connectivity index (χ3v) is 6.00. The van der Waals surface area contributed by atoms with E-state index in [1.54, 1.807) is 0 Å². The molecule has 1 fully saturated rings. The molecule has 2 amide bonds. The van der Waals surface area contributed by atoms with Gasteiger partial charge < -0.3 is 21.1 Å². The monoisotopic (exact) mass is 462 g/mol. The predicted octanol–water partition coefficient (Wildman–Crippen LogP) is 3.54. The summed E-state index contributed by atoms with van der Waals surface area (Å²) in [5, 5.41) is 27.2. The standard InChI is InChI=1S/C24H23FN6O3/c25-17-6-8-18(9-7-17)28-23-19(22(27)32)14-31(29-23)21-16(13-26)10-11-30(24(33)34)20(21)12-15-4-2-1-3-5-15/h1-9,14,16,20-21H,10-12H2,(H2,27,32)(H,28,29)(H,33,34). The molecular weight excluding hydrogens is 439 g/mol. The number of nitrogens with one attached hydrogen (secondary N) is 1.